The molecule has 0 radical (unpaired) electrons. The molecule has 0 bridgehead atoms. The highest BCUT2D eigenvalue weighted by Gasteiger charge is 2.45. The number of benzene rings is 2. The fourth-order valence-electron chi connectivity index (χ4n) is 3.37. The van der Waals surface area contributed by atoms with Gasteiger partial charge in [0.25, 0.3) is 11.7 Å². The van der Waals surface area contributed by atoms with Crippen LogP contribution in [-0.2, 0) is 9.59 Å². The number of Topliss-reactive ketones (excluding diaryl/α,β-unsaturated/α-hetero) is 1. The molecule has 29 heavy (non-hydrogen) atoms. The summed E-state index contributed by atoms with van der Waals surface area (Å²) in [6, 6.07) is 13.6. The molecular weight excluding hydrogens is 436 g/mol. The lowest BCUT2D eigenvalue weighted by Gasteiger charge is -2.26. The Morgan fingerprint density at radius 3 is 2.55 bits per heavy atom. The molecular formula is C22H23BrN2O4. The van der Waals surface area contributed by atoms with Crippen LogP contribution in [0.1, 0.15) is 17.2 Å². The molecule has 1 atom stereocenters. The second-order valence-corrected chi connectivity index (χ2v) is 8.00. The molecule has 1 heterocycles. The predicted molar refractivity (Wildman–Crippen MR) is 115 cm³/mol. The lowest BCUT2D eigenvalue weighted by Crippen LogP contribution is -2.35. The SMILES string of the molecule is COc1cccc(/C(O)=C2\C(=O)C(=O)N(CCN(C)C)[C@@H]2c2cccc(Br)c2)c1. The number of methoxy groups -OCH3 is 1. The van der Waals surface area contributed by atoms with Crippen LogP contribution in [-0.4, -0.2) is 60.9 Å². The Labute approximate surface area is 178 Å². The number of likely N-dealkylation sites (N-methyl/N-ethyl adjacent to an activating group) is 1. The number of carbonyl (C=O) groups is 2. The van der Waals surface area contributed by atoms with E-state index in [-0.39, 0.29) is 11.3 Å². The van der Waals surface area contributed by atoms with E-state index in [0.717, 1.165) is 10.0 Å². The van der Waals surface area contributed by atoms with E-state index < -0.39 is 17.7 Å². The average molecular weight is 459 g/mol. The van der Waals surface area contributed by atoms with Gasteiger partial charge in [-0.05, 0) is 43.9 Å². The number of hydrogen-bond donors (Lipinski definition) is 1. The third kappa shape index (κ3) is 4.36. The van der Waals surface area contributed by atoms with E-state index in [4.69, 9.17) is 4.74 Å². The zero-order valence-corrected chi connectivity index (χ0v) is 18.1. The van der Waals surface area contributed by atoms with E-state index in [1.165, 1.54) is 12.0 Å². The van der Waals surface area contributed by atoms with Crippen molar-refractivity contribution in [1.82, 2.24) is 9.80 Å². The monoisotopic (exact) mass is 458 g/mol. The fraction of sp³-hybridized carbons (Fsp3) is 0.273. The molecule has 0 saturated carbocycles. The van der Waals surface area contributed by atoms with Gasteiger partial charge in [0.2, 0.25) is 0 Å². The van der Waals surface area contributed by atoms with Gasteiger partial charge in [-0.1, -0.05) is 40.2 Å². The predicted octanol–water partition coefficient (Wildman–Crippen LogP) is 3.44. The number of aliphatic hydroxyl groups is 1. The molecule has 0 aliphatic carbocycles. The summed E-state index contributed by atoms with van der Waals surface area (Å²) >= 11 is 3.45. The molecule has 7 heteroatoms. The molecule has 6 nitrogen and oxygen atoms in total. The van der Waals surface area contributed by atoms with Crippen LogP contribution in [0.25, 0.3) is 5.76 Å². The number of amides is 1. The highest BCUT2D eigenvalue weighted by atomic mass is 79.9. The number of hydrogen-bond acceptors (Lipinski definition) is 5. The topological polar surface area (TPSA) is 70.1 Å². The fourth-order valence-corrected chi connectivity index (χ4v) is 3.78. The van der Waals surface area contributed by atoms with Crippen LogP contribution in [0.4, 0.5) is 0 Å². The summed E-state index contributed by atoms with van der Waals surface area (Å²) in [5.74, 6) is -0.954. The first-order valence-corrected chi connectivity index (χ1v) is 9.95. The van der Waals surface area contributed by atoms with Gasteiger partial charge < -0.3 is 19.6 Å². The van der Waals surface area contributed by atoms with E-state index in [9.17, 15) is 14.7 Å². The zero-order valence-electron chi connectivity index (χ0n) is 16.6. The quantitative estimate of drug-likeness (QED) is 0.407. The van der Waals surface area contributed by atoms with Crippen LogP contribution < -0.4 is 4.74 Å². The van der Waals surface area contributed by atoms with Crippen LogP contribution in [0.2, 0.25) is 0 Å². The largest absolute Gasteiger partial charge is 0.507 e. The molecule has 1 N–H and O–H groups in total. The first-order valence-electron chi connectivity index (χ1n) is 9.16. The molecule has 0 unspecified atom stereocenters. The number of likely N-dealkylation sites (tertiary alicyclic amines) is 1. The standard InChI is InChI=1S/C22H23BrN2O4/c1-24(2)10-11-25-19(14-6-4-8-16(23)12-14)18(21(27)22(25)28)20(26)15-7-5-9-17(13-15)29-3/h4-9,12-13,19,26H,10-11H2,1-3H3/b20-18+/t19-/m1/s1. The number of ketones is 1. The van der Waals surface area contributed by atoms with Crippen LogP contribution in [0, 0.1) is 0 Å². The molecule has 2 aromatic carbocycles. The van der Waals surface area contributed by atoms with Crippen LogP contribution >= 0.6 is 15.9 Å². The van der Waals surface area contributed by atoms with Crippen molar-refractivity contribution in [3.63, 3.8) is 0 Å². The van der Waals surface area contributed by atoms with Gasteiger partial charge in [0.05, 0.1) is 18.7 Å². The van der Waals surface area contributed by atoms with Crippen molar-refractivity contribution in [2.75, 3.05) is 34.3 Å². The number of ether oxygens (including phenoxy) is 1. The Bertz CT molecular complexity index is 971. The lowest BCUT2D eigenvalue weighted by atomic mass is 9.95. The Morgan fingerprint density at radius 1 is 1.17 bits per heavy atom. The van der Waals surface area contributed by atoms with Crippen molar-refractivity contribution in [3.05, 3.63) is 69.7 Å². The first kappa shape index (κ1) is 21.1. The van der Waals surface area contributed by atoms with Gasteiger partial charge in [0, 0.05) is 23.1 Å². The number of rotatable bonds is 6. The molecule has 0 spiro atoms. The van der Waals surface area contributed by atoms with Crippen molar-refractivity contribution in [2.45, 2.75) is 6.04 Å². The lowest BCUT2D eigenvalue weighted by molar-refractivity contribution is -0.140. The molecule has 152 valence electrons. The first-order chi connectivity index (χ1) is 13.8. The Kier molecular flexibility index (Phi) is 6.39. The van der Waals surface area contributed by atoms with E-state index in [1.54, 1.807) is 24.3 Å². The van der Waals surface area contributed by atoms with Gasteiger partial charge in [-0.3, -0.25) is 9.59 Å². The van der Waals surface area contributed by atoms with E-state index in [0.29, 0.717) is 24.4 Å². The third-order valence-corrected chi connectivity index (χ3v) is 5.33. The number of carbonyl (C=O) groups excluding carboxylic acids is 2. The average Bonchev–Trinajstić information content (AvgIpc) is 2.96. The summed E-state index contributed by atoms with van der Waals surface area (Å²) in [6.45, 7) is 0.959. The van der Waals surface area contributed by atoms with Gasteiger partial charge in [0.1, 0.15) is 11.5 Å². The van der Waals surface area contributed by atoms with Crippen molar-refractivity contribution in [3.8, 4) is 5.75 Å². The number of nitrogens with zero attached hydrogens (tertiary/aromatic N) is 2. The normalized spacial score (nSPS) is 18.5. The Hall–Kier alpha value is -2.64. The summed E-state index contributed by atoms with van der Waals surface area (Å²) in [5.41, 5.74) is 1.26. The van der Waals surface area contributed by atoms with Crippen molar-refractivity contribution in [2.24, 2.45) is 0 Å². The van der Waals surface area contributed by atoms with Crippen LogP contribution in [0.15, 0.2) is 58.6 Å². The maximum Gasteiger partial charge on any atom is 0.295 e. The zero-order chi connectivity index (χ0) is 21.1. The summed E-state index contributed by atoms with van der Waals surface area (Å²) < 4.78 is 6.05. The molecule has 1 aliphatic rings. The summed E-state index contributed by atoms with van der Waals surface area (Å²) in [6.07, 6.45) is 0. The third-order valence-electron chi connectivity index (χ3n) is 4.84. The Balaban J connectivity index is 2.16. The molecule has 1 aliphatic heterocycles. The van der Waals surface area contributed by atoms with Gasteiger partial charge in [-0.2, -0.15) is 0 Å². The van der Waals surface area contributed by atoms with Gasteiger partial charge >= 0.3 is 0 Å². The second-order valence-electron chi connectivity index (χ2n) is 7.08. The Morgan fingerprint density at radius 2 is 1.90 bits per heavy atom. The smallest absolute Gasteiger partial charge is 0.295 e. The second kappa shape index (κ2) is 8.80. The number of halogens is 1. The molecule has 2 aromatic rings. The van der Waals surface area contributed by atoms with E-state index >= 15 is 0 Å². The number of aliphatic hydroxyl groups excluding tert-OH is 1. The molecule has 1 amide bonds. The summed E-state index contributed by atoms with van der Waals surface area (Å²) in [7, 11) is 5.34. The highest BCUT2D eigenvalue weighted by Crippen LogP contribution is 2.40. The minimum absolute atomic E-state index is 0.0834. The van der Waals surface area contributed by atoms with Crippen LogP contribution in [0.5, 0.6) is 5.75 Å². The van der Waals surface area contributed by atoms with Gasteiger partial charge in [-0.25, -0.2) is 0 Å². The maximum atomic E-state index is 12.9. The minimum atomic E-state index is -0.686. The highest BCUT2D eigenvalue weighted by molar-refractivity contribution is 9.10. The molecule has 1 saturated heterocycles. The summed E-state index contributed by atoms with van der Waals surface area (Å²) in [5, 5.41) is 11.0. The minimum Gasteiger partial charge on any atom is -0.507 e. The van der Waals surface area contributed by atoms with Crippen molar-refractivity contribution in [1.29, 1.82) is 0 Å². The van der Waals surface area contributed by atoms with Gasteiger partial charge in [-0.15, -0.1) is 0 Å². The van der Waals surface area contributed by atoms with E-state index in [2.05, 4.69) is 15.9 Å². The molecule has 1 fully saturated rings. The molecule has 3 rings (SSSR count). The molecule has 0 aromatic heterocycles. The van der Waals surface area contributed by atoms with Gasteiger partial charge in [0.15, 0.2) is 0 Å². The van der Waals surface area contributed by atoms with Crippen molar-refractivity contribution >= 4 is 33.4 Å². The van der Waals surface area contributed by atoms with Crippen LogP contribution in [0.3, 0.4) is 0 Å². The van der Waals surface area contributed by atoms with E-state index in [1.807, 2.05) is 43.3 Å². The maximum absolute atomic E-state index is 12.9. The van der Waals surface area contributed by atoms with Crippen molar-refractivity contribution < 1.29 is 19.4 Å². The summed E-state index contributed by atoms with van der Waals surface area (Å²) in [4.78, 5) is 29.2.